The molecule has 6 nitrogen and oxygen atoms in total. The van der Waals surface area contributed by atoms with Crippen molar-refractivity contribution in [3.63, 3.8) is 0 Å². The number of ether oxygens (including phenoxy) is 2. The fraction of sp³-hybridized carbons (Fsp3) is 0.304. The molecule has 156 valence electrons. The zero-order chi connectivity index (χ0) is 21.3. The summed E-state index contributed by atoms with van der Waals surface area (Å²) in [6.45, 7) is 4.40. The molecule has 0 fully saturated rings. The van der Waals surface area contributed by atoms with Gasteiger partial charge in [0, 0.05) is 17.0 Å². The highest BCUT2D eigenvalue weighted by atomic mass is 35.5. The van der Waals surface area contributed by atoms with Crippen molar-refractivity contribution in [3.8, 4) is 34.0 Å². The largest absolute Gasteiger partial charge is 0.493 e. The first kappa shape index (κ1) is 20.3. The molecule has 2 heterocycles. The molecule has 30 heavy (non-hydrogen) atoms. The summed E-state index contributed by atoms with van der Waals surface area (Å²) in [4.78, 5) is 11.2. The molecule has 0 saturated heterocycles. The van der Waals surface area contributed by atoms with E-state index in [9.17, 15) is 9.90 Å². The standard InChI is InChI=1S/C23H23ClN2O4/c1-13(2)30-21-7-6-15(10-18(21)24)19-12-20(26-25-19)17-5-3-4-16-14(11-22(27)28)8-9-29-23(16)17/h3-7,10,12-14H,8-9,11H2,1-2H3,(H,25,26)(H,27,28). The average Bonchev–Trinajstić information content (AvgIpc) is 3.19. The second-order valence-corrected chi connectivity index (χ2v) is 8.04. The molecule has 2 aromatic carbocycles. The van der Waals surface area contributed by atoms with E-state index in [2.05, 4.69) is 10.2 Å². The predicted molar refractivity (Wildman–Crippen MR) is 115 cm³/mol. The molecule has 1 aromatic heterocycles. The summed E-state index contributed by atoms with van der Waals surface area (Å²) in [5, 5.41) is 17.3. The molecule has 2 N–H and O–H groups in total. The Balaban J connectivity index is 1.65. The minimum atomic E-state index is -0.802. The van der Waals surface area contributed by atoms with Crippen molar-refractivity contribution in [1.82, 2.24) is 10.2 Å². The number of benzene rings is 2. The number of aromatic nitrogens is 2. The van der Waals surface area contributed by atoms with Gasteiger partial charge in [-0.3, -0.25) is 9.89 Å². The maximum atomic E-state index is 11.2. The quantitative estimate of drug-likeness (QED) is 0.541. The van der Waals surface area contributed by atoms with Crippen LogP contribution in [0.3, 0.4) is 0 Å². The highest BCUT2D eigenvalue weighted by Gasteiger charge is 2.26. The first-order valence-corrected chi connectivity index (χ1v) is 10.3. The zero-order valence-electron chi connectivity index (χ0n) is 16.8. The van der Waals surface area contributed by atoms with E-state index in [4.69, 9.17) is 21.1 Å². The molecule has 0 aliphatic carbocycles. The van der Waals surface area contributed by atoms with Gasteiger partial charge in [0.25, 0.3) is 0 Å². The average molecular weight is 427 g/mol. The van der Waals surface area contributed by atoms with Gasteiger partial charge in [-0.2, -0.15) is 5.10 Å². The van der Waals surface area contributed by atoms with Crippen LogP contribution in [0.5, 0.6) is 11.5 Å². The lowest BCUT2D eigenvalue weighted by atomic mass is 9.88. The van der Waals surface area contributed by atoms with Crippen LogP contribution in [0, 0.1) is 0 Å². The third-order valence-electron chi connectivity index (χ3n) is 5.08. The van der Waals surface area contributed by atoms with Gasteiger partial charge in [0.2, 0.25) is 0 Å². The van der Waals surface area contributed by atoms with Crippen molar-refractivity contribution in [2.75, 3.05) is 6.61 Å². The van der Waals surface area contributed by atoms with Crippen LogP contribution in [0.1, 0.15) is 38.2 Å². The topological polar surface area (TPSA) is 84.4 Å². The van der Waals surface area contributed by atoms with E-state index in [1.165, 1.54) is 0 Å². The molecule has 3 aromatic rings. The van der Waals surface area contributed by atoms with Crippen LogP contribution in [-0.2, 0) is 4.79 Å². The number of H-pyrrole nitrogens is 1. The third kappa shape index (κ3) is 4.14. The second-order valence-electron chi connectivity index (χ2n) is 7.63. The SMILES string of the molecule is CC(C)Oc1ccc(-c2cc(-c3cccc4c3OCCC4CC(=O)O)[nH]n2)cc1Cl. The number of hydrogen-bond donors (Lipinski definition) is 2. The molecule has 1 aliphatic heterocycles. The maximum absolute atomic E-state index is 11.2. The van der Waals surface area contributed by atoms with Crippen LogP contribution < -0.4 is 9.47 Å². The van der Waals surface area contributed by atoms with E-state index in [1.54, 1.807) is 0 Å². The van der Waals surface area contributed by atoms with Crippen LogP contribution in [0.2, 0.25) is 5.02 Å². The Hall–Kier alpha value is -2.99. The summed E-state index contributed by atoms with van der Waals surface area (Å²) >= 11 is 6.37. The van der Waals surface area contributed by atoms with Gasteiger partial charge in [-0.15, -0.1) is 0 Å². The van der Waals surface area contributed by atoms with Crippen LogP contribution in [0.25, 0.3) is 22.5 Å². The number of aromatic amines is 1. The van der Waals surface area contributed by atoms with Crippen molar-refractivity contribution in [2.45, 2.75) is 38.7 Å². The monoisotopic (exact) mass is 426 g/mol. The number of carbonyl (C=O) groups is 1. The van der Waals surface area contributed by atoms with Crippen LogP contribution in [-0.4, -0.2) is 34.0 Å². The number of carboxylic acids is 1. The van der Waals surface area contributed by atoms with Gasteiger partial charge in [0.1, 0.15) is 11.5 Å². The number of hydrogen-bond acceptors (Lipinski definition) is 4. The van der Waals surface area contributed by atoms with Crippen molar-refractivity contribution >= 4 is 17.6 Å². The lowest BCUT2D eigenvalue weighted by Gasteiger charge is -2.26. The van der Waals surface area contributed by atoms with Gasteiger partial charge >= 0.3 is 5.97 Å². The summed E-state index contributed by atoms with van der Waals surface area (Å²) in [6, 6.07) is 13.3. The highest BCUT2D eigenvalue weighted by Crippen LogP contribution is 2.42. The van der Waals surface area contributed by atoms with Gasteiger partial charge in [0.05, 0.1) is 35.5 Å². The van der Waals surface area contributed by atoms with Crippen molar-refractivity contribution in [2.24, 2.45) is 0 Å². The number of halogens is 1. The Morgan fingerprint density at radius 2 is 2.17 bits per heavy atom. The fourth-order valence-electron chi connectivity index (χ4n) is 3.75. The van der Waals surface area contributed by atoms with E-state index in [0.717, 1.165) is 33.8 Å². The Morgan fingerprint density at radius 3 is 2.90 bits per heavy atom. The lowest BCUT2D eigenvalue weighted by molar-refractivity contribution is -0.137. The minimum Gasteiger partial charge on any atom is -0.493 e. The number of fused-ring (bicyclic) bond motifs is 1. The number of nitrogens with one attached hydrogen (secondary N) is 1. The van der Waals surface area contributed by atoms with Crippen molar-refractivity contribution < 1.29 is 19.4 Å². The smallest absolute Gasteiger partial charge is 0.303 e. The molecule has 1 aliphatic rings. The predicted octanol–water partition coefficient (Wildman–Crippen LogP) is 5.53. The molecule has 0 bridgehead atoms. The third-order valence-corrected chi connectivity index (χ3v) is 5.37. The summed E-state index contributed by atoms with van der Waals surface area (Å²) in [5.41, 5.74) is 4.21. The molecular formula is C23H23ClN2O4. The summed E-state index contributed by atoms with van der Waals surface area (Å²) in [6.07, 6.45) is 0.831. The van der Waals surface area contributed by atoms with Gasteiger partial charge in [-0.05, 0) is 56.2 Å². The number of nitrogens with zero attached hydrogens (tertiary/aromatic N) is 1. The fourth-order valence-corrected chi connectivity index (χ4v) is 3.97. The van der Waals surface area contributed by atoms with Crippen LogP contribution in [0.15, 0.2) is 42.5 Å². The van der Waals surface area contributed by atoms with Crippen molar-refractivity contribution in [1.29, 1.82) is 0 Å². The molecular weight excluding hydrogens is 404 g/mol. The summed E-state index contributed by atoms with van der Waals surface area (Å²) in [5.74, 6) is 0.509. The lowest BCUT2D eigenvalue weighted by Crippen LogP contribution is -2.17. The molecule has 0 radical (unpaired) electrons. The van der Waals surface area contributed by atoms with E-state index < -0.39 is 5.97 Å². The van der Waals surface area contributed by atoms with Gasteiger partial charge in [0.15, 0.2) is 0 Å². The van der Waals surface area contributed by atoms with Crippen molar-refractivity contribution in [3.05, 3.63) is 53.1 Å². The number of para-hydroxylation sites is 1. The second kappa shape index (κ2) is 8.40. The minimum absolute atomic E-state index is 0.0412. The van der Waals surface area contributed by atoms with Crippen LogP contribution >= 0.6 is 11.6 Å². The first-order chi connectivity index (χ1) is 14.4. The Kier molecular flexibility index (Phi) is 5.68. The molecule has 1 unspecified atom stereocenters. The summed E-state index contributed by atoms with van der Waals surface area (Å²) in [7, 11) is 0. The molecule has 4 rings (SSSR count). The Bertz CT molecular complexity index is 1080. The molecule has 0 saturated carbocycles. The Labute approximate surface area is 179 Å². The normalized spacial score (nSPS) is 15.5. The maximum Gasteiger partial charge on any atom is 0.303 e. The Morgan fingerprint density at radius 1 is 1.33 bits per heavy atom. The molecule has 1 atom stereocenters. The van der Waals surface area contributed by atoms with E-state index in [1.807, 2.05) is 56.3 Å². The van der Waals surface area contributed by atoms with Gasteiger partial charge < -0.3 is 14.6 Å². The number of rotatable bonds is 6. The summed E-state index contributed by atoms with van der Waals surface area (Å²) < 4.78 is 11.6. The van der Waals surface area contributed by atoms with Gasteiger partial charge in [-0.1, -0.05) is 23.7 Å². The van der Waals surface area contributed by atoms with E-state index >= 15 is 0 Å². The van der Waals surface area contributed by atoms with E-state index in [-0.39, 0.29) is 18.4 Å². The number of aliphatic carboxylic acids is 1. The first-order valence-electron chi connectivity index (χ1n) is 9.92. The highest BCUT2D eigenvalue weighted by molar-refractivity contribution is 6.32. The molecule has 0 amide bonds. The van der Waals surface area contributed by atoms with Crippen LogP contribution in [0.4, 0.5) is 0 Å². The zero-order valence-corrected chi connectivity index (χ0v) is 17.6. The van der Waals surface area contributed by atoms with E-state index in [0.29, 0.717) is 23.8 Å². The van der Waals surface area contributed by atoms with Gasteiger partial charge in [-0.25, -0.2) is 0 Å². The number of carboxylic acid groups (broad SMARTS) is 1. The molecule has 7 heteroatoms. The molecule has 0 spiro atoms.